The Labute approximate surface area is 567 Å². The van der Waals surface area contributed by atoms with E-state index < -0.39 is 5.60 Å². The molecule has 8 atom stereocenters. The highest BCUT2D eigenvalue weighted by Gasteiger charge is 2.51. The number of aryl methyl sites for hydroxylation is 3. The van der Waals surface area contributed by atoms with Crippen molar-refractivity contribution in [1.29, 1.82) is 0 Å². The number of ketones is 1. The first-order valence-corrected chi connectivity index (χ1v) is 36.3. The summed E-state index contributed by atoms with van der Waals surface area (Å²) in [6.07, 6.45) is 21.9. The van der Waals surface area contributed by atoms with Crippen molar-refractivity contribution in [3.05, 3.63) is 71.2 Å². The number of ether oxygens (including phenoxy) is 2. The fourth-order valence-electron chi connectivity index (χ4n) is 14.6. The van der Waals surface area contributed by atoms with E-state index in [-0.39, 0.29) is 35.3 Å². The molecule has 10 rings (SSSR count). The van der Waals surface area contributed by atoms with E-state index in [0.29, 0.717) is 75.3 Å². The first-order chi connectivity index (χ1) is 44.8. The van der Waals surface area contributed by atoms with Gasteiger partial charge in [-0.15, -0.1) is 9.24 Å². The summed E-state index contributed by atoms with van der Waals surface area (Å²) in [7, 11) is 7.87. The van der Waals surface area contributed by atoms with E-state index in [1.807, 2.05) is 65.5 Å². The monoisotopic (exact) mass is 1320 g/mol. The number of anilines is 2. The average Bonchev–Trinajstić information content (AvgIpc) is 1.10. The molecule has 522 valence electrons. The third-order valence-corrected chi connectivity index (χ3v) is 20.9. The van der Waals surface area contributed by atoms with E-state index in [2.05, 4.69) is 95.7 Å². The van der Waals surface area contributed by atoms with Crippen LogP contribution in [-0.2, 0) is 25.5 Å². The van der Waals surface area contributed by atoms with E-state index >= 15 is 0 Å². The van der Waals surface area contributed by atoms with Crippen LogP contribution in [0.1, 0.15) is 196 Å². The molecule has 2 amide bonds. The SMILES string of the molecule is CCC(C)C(=O)C(C)CCC(C)C.CCCC(=O)N(C)c1cc(C)ccc1C.CCCC(CCC(C)CC)CN1CC2(CN(C=O)C2)C1.CCc1c(F)ccc2cc(O)cc(-c3ncc4c(N5CCC[C@@](C)(O)C5)nc(OC)nc4c3P)c12.COCC1CCC2CCCN21. The number of benzene rings is 3. The molecule has 15 nitrogen and oxygen atoms in total. The number of fused-ring (bicyclic) bond motifs is 3. The third kappa shape index (κ3) is 21.1. The van der Waals surface area contributed by atoms with Crippen LogP contribution in [0.5, 0.6) is 11.8 Å². The van der Waals surface area contributed by atoms with Crippen LogP contribution in [-0.4, -0.2) is 156 Å². The molecular weight excluding hydrogens is 1200 g/mol. The lowest BCUT2D eigenvalue weighted by Crippen LogP contribution is -2.71. The summed E-state index contributed by atoms with van der Waals surface area (Å²) in [6.45, 7) is 36.6. The van der Waals surface area contributed by atoms with Crippen LogP contribution in [0.3, 0.4) is 0 Å². The molecule has 94 heavy (non-hydrogen) atoms. The van der Waals surface area contributed by atoms with Crippen LogP contribution < -0.4 is 19.8 Å². The number of aromatic hydroxyl groups is 1. The van der Waals surface area contributed by atoms with Crippen LogP contribution in [0.4, 0.5) is 15.9 Å². The molecule has 3 aromatic carbocycles. The molecule has 0 saturated carbocycles. The Morgan fingerprint density at radius 3 is 2.21 bits per heavy atom. The summed E-state index contributed by atoms with van der Waals surface area (Å²) in [4.78, 5) is 59.0. The molecular formula is C77H120FN8O7P. The smallest absolute Gasteiger partial charge is 0.318 e. The molecule has 5 aromatic rings. The Balaban J connectivity index is 0.000000202. The molecule has 0 bridgehead atoms. The maximum absolute atomic E-state index is 14.7. The van der Waals surface area contributed by atoms with Crippen molar-refractivity contribution in [3.8, 4) is 23.0 Å². The van der Waals surface area contributed by atoms with Crippen LogP contribution in [0.25, 0.3) is 32.9 Å². The number of carbonyl (C=O) groups is 3. The summed E-state index contributed by atoms with van der Waals surface area (Å²) in [5.41, 5.74) is 5.41. The van der Waals surface area contributed by atoms with Gasteiger partial charge in [0.2, 0.25) is 12.3 Å². The fraction of sp³-hybridized carbons (Fsp3) is 0.662. The standard InChI is InChI=1S/C26H28FN4O3P.C17H32N2O.C13H19NO.C12H24O.C9H17NO/c1-4-16-19(27)7-6-14-10-15(32)11-17(20(14)16)21-23(35)22-18(12-28-21)24(30-25(29-22)34-3)31-9-5-8-26(2,33)13-31;1-4-6-16(8-7-15(3)5-2)9-18-10-17(11-18)12-19(13-17)14-20;1-5-6-13(15)14(4)12-9-10(2)7-8-11(12)3;1-6-10(4)12(13)11(5)8-7-9(2)3;1-11-7-9-5-4-8-3-2-6-10(8)9/h6-7,10-12,32-33H,4-5,8-9,13,35H2,1-3H3;14-16H,4-13H2,1-3H3;7-9H,5-6H2,1-4H3;9-11H,6-8H2,1-5H3;8-9H,2-7H2,1H3/t26-;;;;/m1..../s1. The highest BCUT2D eigenvalue weighted by Crippen LogP contribution is 2.41. The van der Waals surface area contributed by atoms with Gasteiger partial charge in [-0.3, -0.25) is 24.3 Å². The average molecular weight is 1320 g/mol. The van der Waals surface area contributed by atoms with Crippen LogP contribution in [0, 0.1) is 54.7 Å². The zero-order chi connectivity index (χ0) is 69.0. The van der Waals surface area contributed by atoms with Gasteiger partial charge in [-0.2, -0.15) is 9.97 Å². The van der Waals surface area contributed by atoms with E-state index in [1.54, 1.807) is 29.3 Å². The van der Waals surface area contributed by atoms with E-state index in [0.717, 1.165) is 111 Å². The number of methoxy groups -OCH3 is 2. The second-order valence-corrected chi connectivity index (χ2v) is 29.6. The second-order valence-electron chi connectivity index (χ2n) is 29.0. The van der Waals surface area contributed by atoms with E-state index in [1.165, 1.54) is 109 Å². The number of Topliss-reactive ketones (excluding diaryl/α,β-unsaturated/α-hetero) is 1. The lowest BCUT2D eigenvalue weighted by atomic mass is 9.72. The van der Waals surface area contributed by atoms with Gasteiger partial charge in [0.1, 0.15) is 23.2 Å². The van der Waals surface area contributed by atoms with Crippen LogP contribution >= 0.6 is 9.24 Å². The van der Waals surface area contributed by atoms with Gasteiger partial charge < -0.3 is 39.3 Å². The lowest BCUT2D eigenvalue weighted by molar-refractivity contribution is -0.147. The highest BCUT2D eigenvalue weighted by atomic mass is 31.0. The van der Waals surface area contributed by atoms with Gasteiger partial charge in [0.05, 0.1) is 35.9 Å². The lowest BCUT2D eigenvalue weighted by Gasteiger charge is -2.60. The molecule has 2 N–H and O–H groups in total. The Morgan fingerprint density at radius 2 is 1.59 bits per heavy atom. The molecule has 5 fully saturated rings. The largest absolute Gasteiger partial charge is 0.508 e. The number of nitrogens with zero attached hydrogens (tertiary/aromatic N) is 8. The van der Waals surface area contributed by atoms with Crippen LogP contribution in [0.2, 0.25) is 0 Å². The number of carbonyl (C=O) groups excluding carboxylic acids is 3. The fourth-order valence-corrected chi connectivity index (χ4v) is 15.0. The first kappa shape index (κ1) is 77.6. The normalized spacial score (nSPS) is 20.2. The number of phenols is 1. The number of β-amino-alcohol motifs (C(OH)–C–C–N with tert-alkyl or cyclic N) is 1. The van der Waals surface area contributed by atoms with Gasteiger partial charge in [-0.25, -0.2) is 4.39 Å². The molecule has 0 aliphatic carbocycles. The maximum atomic E-state index is 14.7. The Bertz CT molecular complexity index is 3220. The Morgan fingerprint density at radius 1 is 0.851 bits per heavy atom. The van der Waals surface area contributed by atoms with Crippen molar-refractivity contribution in [2.24, 2.45) is 35.0 Å². The first-order valence-electron chi connectivity index (χ1n) is 35.7. The minimum absolute atomic E-state index is 0.0731. The molecule has 2 aromatic heterocycles. The van der Waals surface area contributed by atoms with Crippen molar-refractivity contribution in [2.45, 2.75) is 217 Å². The zero-order valence-corrected chi connectivity index (χ0v) is 61.7. The topological polar surface area (TPSA) is 165 Å². The summed E-state index contributed by atoms with van der Waals surface area (Å²) in [5, 5.41) is 24.0. The molecule has 0 radical (unpaired) electrons. The molecule has 5 aliphatic rings. The van der Waals surface area contributed by atoms with Gasteiger partial charge >= 0.3 is 6.01 Å². The third-order valence-electron chi connectivity index (χ3n) is 20.4. The number of amides is 2. The number of likely N-dealkylation sites (tertiary alicyclic amines) is 2. The maximum Gasteiger partial charge on any atom is 0.318 e. The van der Waals surface area contributed by atoms with E-state index in [9.17, 15) is 29.0 Å². The number of aromatic nitrogens is 3. The molecule has 5 aliphatic heterocycles. The molecule has 7 unspecified atom stereocenters. The van der Waals surface area contributed by atoms with Crippen molar-refractivity contribution in [2.75, 3.05) is 90.0 Å². The number of halogens is 1. The zero-order valence-electron chi connectivity index (χ0n) is 60.6. The number of pyridine rings is 1. The quantitative estimate of drug-likeness (QED) is 0.0443. The Kier molecular flexibility index (Phi) is 30.4. The van der Waals surface area contributed by atoms with Gasteiger partial charge in [-0.1, -0.05) is 113 Å². The minimum Gasteiger partial charge on any atom is -0.508 e. The predicted molar refractivity (Wildman–Crippen MR) is 389 cm³/mol. The van der Waals surface area contributed by atoms with Crippen LogP contribution in [0.15, 0.2) is 48.7 Å². The van der Waals surface area contributed by atoms with Gasteiger partial charge in [0, 0.05) is 118 Å². The summed E-state index contributed by atoms with van der Waals surface area (Å²) < 4.78 is 25.3. The van der Waals surface area contributed by atoms with Crippen molar-refractivity contribution < 1.29 is 38.5 Å². The number of rotatable bonds is 24. The van der Waals surface area contributed by atoms with Crippen molar-refractivity contribution in [3.63, 3.8) is 0 Å². The molecule has 7 heterocycles. The van der Waals surface area contributed by atoms with Crippen molar-refractivity contribution in [1.82, 2.24) is 29.7 Å². The van der Waals surface area contributed by atoms with Gasteiger partial charge in [-0.05, 0) is 174 Å². The van der Waals surface area contributed by atoms with Gasteiger partial charge in [0.25, 0.3) is 0 Å². The number of piperidine rings is 1. The molecule has 5 saturated heterocycles. The summed E-state index contributed by atoms with van der Waals surface area (Å²) in [5.74, 6) is 4.06. The van der Waals surface area contributed by atoms with Gasteiger partial charge in [0.15, 0.2) is 0 Å². The second kappa shape index (κ2) is 36.8. The number of phenolic OH excluding ortho intramolecular Hbond substituents is 1. The van der Waals surface area contributed by atoms with E-state index in [4.69, 9.17) is 14.5 Å². The Hall–Kier alpha value is -5.38. The predicted octanol–water partition coefficient (Wildman–Crippen LogP) is 15.1. The molecule has 1 spiro atoms. The number of hydrogen-bond acceptors (Lipinski definition) is 13. The number of hydrogen-bond donors (Lipinski definition) is 2. The van der Waals surface area contributed by atoms with Crippen molar-refractivity contribution >= 4 is 65.8 Å². The summed E-state index contributed by atoms with van der Waals surface area (Å²) in [6, 6.07) is 14.4. The highest BCUT2D eigenvalue weighted by molar-refractivity contribution is 7.28. The minimum atomic E-state index is -0.818. The number of aliphatic hydroxyl groups is 1. The molecule has 17 heteroatoms. The summed E-state index contributed by atoms with van der Waals surface area (Å²) >= 11 is 0.